The fraction of sp³-hybridized carbons (Fsp3) is 0.467. The predicted octanol–water partition coefficient (Wildman–Crippen LogP) is 2.74. The molecule has 0 bridgehead atoms. The Morgan fingerprint density at radius 2 is 1.95 bits per heavy atom. The van der Waals surface area contributed by atoms with Crippen molar-refractivity contribution in [1.82, 2.24) is 0 Å². The number of aliphatic carboxylic acids is 1. The van der Waals surface area contributed by atoms with Crippen molar-refractivity contribution in [1.29, 1.82) is 0 Å². The number of carbonyl (C=O) groups is 2. The summed E-state index contributed by atoms with van der Waals surface area (Å²) in [6.45, 7) is 0.752. The van der Waals surface area contributed by atoms with E-state index in [9.17, 15) is 9.59 Å². The molecule has 2 rings (SSSR count). The second-order valence-corrected chi connectivity index (χ2v) is 5.90. The Balaban J connectivity index is 1.87. The highest BCUT2D eigenvalue weighted by molar-refractivity contribution is 6.33. The highest BCUT2D eigenvalue weighted by atomic mass is 35.5. The summed E-state index contributed by atoms with van der Waals surface area (Å²) in [5, 5.41) is 12.7. The number of carbonyl (C=O) groups excluding carboxylic acids is 1. The topological polar surface area (TPSA) is 92.4 Å². The minimum absolute atomic E-state index is 0.195. The lowest BCUT2D eigenvalue weighted by atomic mass is 9.82. The summed E-state index contributed by atoms with van der Waals surface area (Å²) in [6, 6.07) is 4.93. The van der Waals surface area contributed by atoms with Gasteiger partial charge in [0.05, 0.1) is 16.6 Å². The number of anilines is 1. The first-order valence-electron chi connectivity index (χ1n) is 7.03. The van der Waals surface area contributed by atoms with E-state index in [0.29, 0.717) is 16.5 Å². The van der Waals surface area contributed by atoms with E-state index < -0.39 is 11.9 Å². The molecule has 1 aromatic rings. The first-order valence-corrected chi connectivity index (χ1v) is 7.41. The van der Waals surface area contributed by atoms with Gasteiger partial charge >= 0.3 is 5.97 Å². The van der Waals surface area contributed by atoms with Crippen molar-refractivity contribution in [2.24, 2.45) is 17.6 Å². The molecular weight excluding hydrogens is 292 g/mol. The van der Waals surface area contributed by atoms with Crippen LogP contribution in [0.2, 0.25) is 5.02 Å². The van der Waals surface area contributed by atoms with Crippen LogP contribution >= 0.6 is 11.6 Å². The van der Waals surface area contributed by atoms with Gasteiger partial charge in [-0.25, -0.2) is 0 Å². The zero-order valence-electron chi connectivity index (χ0n) is 11.6. The Kier molecular flexibility index (Phi) is 5.07. The van der Waals surface area contributed by atoms with Gasteiger partial charge in [0, 0.05) is 12.1 Å². The van der Waals surface area contributed by atoms with E-state index >= 15 is 0 Å². The van der Waals surface area contributed by atoms with Gasteiger partial charge in [-0.05, 0) is 49.8 Å². The summed E-state index contributed by atoms with van der Waals surface area (Å²) in [4.78, 5) is 22.0. The third kappa shape index (κ3) is 4.11. The largest absolute Gasteiger partial charge is 0.481 e. The van der Waals surface area contributed by atoms with Crippen molar-refractivity contribution in [3.05, 3.63) is 28.8 Å². The minimum Gasteiger partial charge on any atom is -0.481 e. The monoisotopic (exact) mass is 310 g/mol. The lowest BCUT2D eigenvalue weighted by Gasteiger charge is -2.26. The standard InChI is InChI=1S/C15H19ClN2O3/c16-12-7-11(14(17)19)5-6-13(12)18-8-9-1-3-10(4-2-9)15(20)21/h5-7,9-10,18H,1-4,8H2,(H2,17,19)(H,20,21). The molecule has 0 atom stereocenters. The highest BCUT2D eigenvalue weighted by Crippen LogP contribution is 2.30. The fourth-order valence-electron chi connectivity index (χ4n) is 2.68. The molecule has 1 aliphatic carbocycles. The number of primary amides is 1. The number of amides is 1. The van der Waals surface area contributed by atoms with Crippen LogP contribution in [0.15, 0.2) is 18.2 Å². The second-order valence-electron chi connectivity index (χ2n) is 5.50. The Labute approximate surface area is 128 Å². The third-order valence-corrected chi connectivity index (χ3v) is 4.34. The molecular formula is C15H19ClN2O3. The summed E-state index contributed by atoms with van der Waals surface area (Å²) < 4.78 is 0. The normalized spacial score (nSPS) is 21.8. The Morgan fingerprint density at radius 1 is 1.29 bits per heavy atom. The summed E-state index contributed by atoms with van der Waals surface area (Å²) >= 11 is 6.11. The molecule has 0 spiro atoms. The van der Waals surface area contributed by atoms with Gasteiger partial charge in [0.25, 0.3) is 0 Å². The average Bonchev–Trinajstić information content (AvgIpc) is 2.46. The molecule has 21 heavy (non-hydrogen) atoms. The number of rotatable bonds is 5. The second kappa shape index (κ2) is 6.80. The zero-order valence-corrected chi connectivity index (χ0v) is 12.4. The van der Waals surface area contributed by atoms with Crippen LogP contribution in [0, 0.1) is 11.8 Å². The molecule has 0 aromatic heterocycles. The molecule has 0 radical (unpaired) electrons. The van der Waals surface area contributed by atoms with Crippen molar-refractivity contribution < 1.29 is 14.7 Å². The van der Waals surface area contributed by atoms with Gasteiger partial charge < -0.3 is 16.2 Å². The molecule has 0 saturated heterocycles. The lowest BCUT2D eigenvalue weighted by Crippen LogP contribution is -2.25. The van der Waals surface area contributed by atoms with Crippen LogP contribution in [-0.2, 0) is 4.79 Å². The average molecular weight is 311 g/mol. The van der Waals surface area contributed by atoms with E-state index in [-0.39, 0.29) is 5.92 Å². The number of nitrogens with two attached hydrogens (primary N) is 1. The molecule has 4 N–H and O–H groups in total. The molecule has 1 saturated carbocycles. The SMILES string of the molecule is NC(=O)c1ccc(NCC2CCC(C(=O)O)CC2)c(Cl)c1. The molecule has 6 heteroatoms. The van der Waals surface area contributed by atoms with E-state index in [0.717, 1.165) is 37.9 Å². The number of benzene rings is 1. The smallest absolute Gasteiger partial charge is 0.306 e. The van der Waals surface area contributed by atoms with Crippen LogP contribution in [0.3, 0.4) is 0 Å². The number of carboxylic acid groups (broad SMARTS) is 1. The van der Waals surface area contributed by atoms with E-state index in [4.69, 9.17) is 22.4 Å². The molecule has 114 valence electrons. The number of hydrogen-bond donors (Lipinski definition) is 3. The molecule has 0 unspecified atom stereocenters. The van der Waals surface area contributed by atoms with Gasteiger partial charge in [-0.15, -0.1) is 0 Å². The van der Waals surface area contributed by atoms with Crippen LogP contribution in [0.25, 0.3) is 0 Å². The van der Waals surface area contributed by atoms with Crippen molar-refractivity contribution in [3.63, 3.8) is 0 Å². The molecule has 1 aromatic carbocycles. The van der Waals surface area contributed by atoms with Crippen molar-refractivity contribution in [2.75, 3.05) is 11.9 Å². The minimum atomic E-state index is -0.688. The van der Waals surface area contributed by atoms with Gasteiger partial charge in [0.1, 0.15) is 0 Å². The Morgan fingerprint density at radius 3 is 2.48 bits per heavy atom. The van der Waals surface area contributed by atoms with Crippen LogP contribution in [0.1, 0.15) is 36.0 Å². The van der Waals surface area contributed by atoms with Crippen molar-refractivity contribution >= 4 is 29.2 Å². The molecule has 1 amide bonds. The maximum absolute atomic E-state index is 11.1. The summed E-state index contributed by atoms with van der Waals surface area (Å²) in [5.74, 6) is -0.936. The van der Waals surface area contributed by atoms with E-state index in [1.165, 1.54) is 0 Å². The van der Waals surface area contributed by atoms with Crippen molar-refractivity contribution in [3.8, 4) is 0 Å². The Bertz CT molecular complexity index is 540. The molecule has 1 fully saturated rings. The van der Waals surface area contributed by atoms with E-state index in [1.54, 1.807) is 18.2 Å². The zero-order chi connectivity index (χ0) is 15.4. The van der Waals surface area contributed by atoms with Crippen molar-refractivity contribution in [2.45, 2.75) is 25.7 Å². The van der Waals surface area contributed by atoms with E-state index in [2.05, 4.69) is 5.32 Å². The van der Waals surface area contributed by atoms with Gasteiger partial charge in [-0.3, -0.25) is 9.59 Å². The summed E-state index contributed by atoms with van der Waals surface area (Å²) in [7, 11) is 0. The van der Waals surface area contributed by atoms with Gasteiger partial charge in [0.15, 0.2) is 0 Å². The maximum atomic E-state index is 11.1. The van der Waals surface area contributed by atoms with Crippen LogP contribution < -0.4 is 11.1 Å². The summed E-state index contributed by atoms with van der Waals surface area (Å²) in [5.41, 5.74) is 6.34. The molecule has 0 aliphatic heterocycles. The number of nitrogens with one attached hydrogen (secondary N) is 1. The first-order chi connectivity index (χ1) is 9.97. The first kappa shape index (κ1) is 15.6. The van der Waals surface area contributed by atoms with Gasteiger partial charge in [0.2, 0.25) is 5.91 Å². The number of carboxylic acids is 1. The van der Waals surface area contributed by atoms with Crippen LogP contribution in [0.4, 0.5) is 5.69 Å². The number of hydrogen-bond acceptors (Lipinski definition) is 3. The van der Waals surface area contributed by atoms with E-state index in [1.807, 2.05) is 0 Å². The van der Waals surface area contributed by atoms with Crippen LogP contribution in [0.5, 0.6) is 0 Å². The predicted molar refractivity (Wildman–Crippen MR) is 81.5 cm³/mol. The molecule has 0 heterocycles. The maximum Gasteiger partial charge on any atom is 0.306 e. The Hall–Kier alpha value is -1.75. The highest BCUT2D eigenvalue weighted by Gasteiger charge is 2.25. The quantitative estimate of drug-likeness (QED) is 0.779. The molecule has 1 aliphatic rings. The van der Waals surface area contributed by atoms with Crippen LogP contribution in [-0.4, -0.2) is 23.5 Å². The fourth-order valence-corrected chi connectivity index (χ4v) is 2.93. The lowest BCUT2D eigenvalue weighted by molar-refractivity contribution is -0.143. The third-order valence-electron chi connectivity index (χ3n) is 4.03. The van der Waals surface area contributed by atoms with Gasteiger partial charge in [-0.1, -0.05) is 11.6 Å². The summed E-state index contributed by atoms with van der Waals surface area (Å²) in [6.07, 6.45) is 3.27. The van der Waals surface area contributed by atoms with Gasteiger partial charge in [-0.2, -0.15) is 0 Å². The number of halogens is 1. The molecule has 5 nitrogen and oxygen atoms in total.